The van der Waals surface area contributed by atoms with Crippen molar-refractivity contribution in [3.05, 3.63) is 35.4 Å². The van der Waals surface area contributed by atoms with Gasteiger partial charge in [-0.3, -0.25) is 0 Å². The molecule has 14 heavy (non-hydrogen) atoms. The summed E-state index contributed by atoms with van der Waals surface area (Å²) in [6, 6.07) is 4.41. The Morgan fingerprint density at radius 3 is 2.93 bits per heavy atom. The first-order chi connectivity index (χ1) is 6.72. The van der Waals surface area contributed by atoms with E-state index < -0.39 is 0 Å². The van der Waals surface area contributed by atoms with E-state index in [-0.39, 0.29) is 0 Å². The Bertz CT molecular complexity index is 377. The Kier molecular flexibility index (Phi) is 2.32. The van der Waals surface area contributed by atoms with Crippen molar-refractivity contribution in [1.82, 2.24) is 0 Å². The van der Waals surface area contributed by atoms with Crippen molar-refractivity contribution in [2.75, 3.05) is 6.61 Å². The van der Waals surface area contributed by atoms with Crippen LogP contribution in [0.3, 0.4) is 0 Å². The molecule has 1 heterocycles. The maximum atomic E-state index is 5.55. The number of allylic oxidation sites excluding steroid dienone is 1. The summed E-state index contributed by atoms with van der Waals surface area (Å²) in [5, 5.41) is 0. The summed E-state index contributed by atoms with van der Waals surface area (Å²) >= 11 is 0. The molecule has 0 N–H and O–H groups in total. The summed E-state index contributed by atoms with van der Waals surface area (Å²) < 4.78 is 5.55. The van der Waals surface area contributed by atoms with Crippen LogP contribution in [0.1, 0.15) is 30.5 Å². The van der Waals surface area contributed by atoms with Gasteiger partial charge in [0.1, 0.15) is 5.75 Å². The molecule has 1 aromatic rings. The fourth-order valence-corrected chi connectivity index (χ4v) is 1.97. The van der Waals surface area contributed by atoms with Gasteiger partial charge in [0.25, 0.3) is 0 Å². The maximum Gasteiger partial charge on any atom is 0.123 e. The lowest BCUT2D eigenvalue weighted by atomic mass is 9.96. The number of ether oxygens (including phenoxy) is 1. The third-order valence-electron chi connectivity index (χ3n) is 2.76. The molecule has 0 aromatic heterocycles. The van der Waals surface area contributed by atoms with Crippen molar-refractivity contribution in [1.29, 1.82) is 0 Å². The van der Waals surface area contributed by atoms with E-state index in [1.165, 1.54) is 16.7 Å². The minimum atomic E-state index is 0.831. The SMILES string of the molecule is C=C(C)c1cc2c(cc1CC)CCO2. The van der Waals surface area contributed by atoms with Gasteiger partial charge < -0.3 is 4.74 Å². The van der Waals surface area contributed by atoms with Crippen molar-refractivity contribution >= 4 is 5.57 Å². The monoisotopic (exact) mass is 188 g/mol. The van der Waals surface area contributed by atoms with Gasteiger partial charge in [0.2, 0.25) is 0 Å². The van der Waals surface area contributed by atoms with E-state index in [4.69, 9.17) is 4.74 Å². The molecule has 2 rings (SSSR count). The zero-order valence-corrected chi connectivity index (χ0v) is 8.89. The van der Waals surface area contributed by atoms with E-state index in [9.17, 15) is 0 Å². The van der Waals surface area contributed by atoms with Crippen molar-refractivity contribution in [2.24, 2.45) is 0 Å². The van der Waals surface area contributed by atoms with Crippen LogP contribution in [-0.2, 0) is 12.8 Å². The first kappa shape index (κ1) is 9.32. The largest absolute Gasteiger partial charge is 0.493 e. The minimum absolute atomic E-state index is 0.831. The van der Waals surface area contributed by atoms with Gasteiger partial charge in [0.15, 0.2) is 0 Å². The zero-order valence-electron chi connectivity index (χ0n) is 8.89. The molecule has 1 aliphatic heterocycles. The topological polar surface area (TPSA) is 9.23 Å². The molecule has 0 saturated carbocycles. The lowest BCUT2D eigenvalue weighted by molar-refractivity contribution is 0.356. The van der Waals surface area contributed by atoms with Gasteiger partial charge in [0.05, 0.1) is 6.61 Å². The first-order valence-corrected chi connectivity index (χ1v) is 5.17. The normalized spacial score (nSPS) is 13.6. The highest BCUT2D eigenvalue weighted by Crippen LogP contribution is 2.31. The number of aryl methyl sites for hydroxylation is 1. The van der Waals surface area contributed by atoms with Crippen LogP contribution < -0.4 is 4.74 Å². The van der Waals surface area contributed by atoms with Gasteiger partial charge in [0, 0.05) is 6.42 Å². The number of hydrogen-bond donors (Lipinski definition) is 0. The Balaban J connectivity index is 2.54. The lowest BCUT2D eigenvalue weighted by Gasteiger charge is -2.10. The van der Waals surface area contributed by atoms with Gasteiger partial charge in [-0.05, 0) is 36.1 Å². The van der Waals surface area contributed by atoms with Crippen LogP contribution in [0.2, 0.25) is 0 Å². The quantitative estimate of drug-likeness (QED) is 0.692. The second-order valence-electron chi connectivity index (χ2n) is 3.85. The average molecular weight is 188 g/mol. The van der Waals surface area contributed by atoms with Gasteiger partial charge in [-0.2, -0.15) is 0 Å². The second kappa shape index (κ2) is 3.49. The molecule has 0 amide bonds. The Morgan fingerprint density at radius 2 is 2.29 bits per heavy atom. The molecule has 0 unspecified atom stereocenters. The second-order valence-corrected chi connectivity index (χ2v) is 3.85. The molecule has 0 aliphatic carbocycles. The van der Waals surface area contributed by atoms with Gasteiger partial charge >= 0.3 is 0 Å². The molecule has 0 fully saturated rings. The molecule has 1 aliphatic rings. The highest BCUT2D eigenvalue weighted by molar-refractivity contribution is 5.67. The standard InChI is InChI=1S/C13H16O/c1-4-10-7-11-5-6-14-13(11)8-12(10)9(2)3/h7-8H,2,4-6H2,1,3H3. The summed E-state index contributed by atoms with van der Waals surface area (Å²) in [6.45, 7) is 9.07. The number of fused-ring (bicyclic) bond motifs is 1. The molecule has 1 aromatic carbocycles. The van der Waals surface area contributed by atoms with Crippen LogP contribution in [0.15, 0.2) is 18.7 Å². The smallest absolute Gasteiger partial charge is 0.123 e. The number of benzene rings is 1. The van der Waals surface area contributed by atoms with Gasteiger partial charge in [-0.1, -0.05) is 25.1 Å². The summed E-state index contributed by atoms with van der Waals surface area (Å²) in [6.07, 6.45) is 2.12. The molecule has 74 valence electrons. The maximum absolute atomic E-state index is 5.55. The van der Waals surface area contributed by atoms with E-state index in [2.05, 4.69) is 32.6 Å². The predicted molar refractivity (Wildman–Crippen MR) is 59.7 cm³/mol. The van der Waals surface area contributed by atoms with E-state index in [0.717, 1.165) is 30.8 Å². The highest BCUT2D eigenvalue weighted by atomic mass is 16.5. The molecule has 0 bridgehead atoms. The molecule has 0 atom stereocenters. The molecule has 1 heteroatoms. The fourth-order valence-electron chi connectivity index (χ4n) is 1.97. The Morgan fingerprint density at radius 1 is 1.50 bits per heavy atom. The lowest BCUT2D eigenvalue weighted by Crippen LogP contribution is -1.91. The van der Waals surface area contributed by atoms with Crippen LogP contribution in [0.25, 0.3) is 5.57 Å². The summed E-state index contributed by atoms with van der Waals surface area (Å²) in [4.78, 5) is 0. The molecule has 0 saturated heterocycles. The van der Waals surface area contributed by atoms with Gasteiger partial charge in [-0.15, -0.1) is 0 Å². The fraction of sp³-hybridized carbons (Fsp3) is 0.385. The van der Waals surface area contributed by atoms with Crippen LogP contribution in [0.5, 0.6) is 5.75 Å². The highest BCUT2D eigenvalue weighted by Gasteiger charge is 2.15. The van der Waals surface area contributed by atoms with E-state index in [1.54, 1.807) is 0 Å². The molecular weight excluding hydrogens is 172 g/mol. The third-order valence-corrected chi connectivity index (χ3v) is 2.76. The summed E-state index contributed by atoms with van der Waals surface area (Å²) in [5.41, 5.74) is 5.13. The molecule has 1 nitrogen and oxygen atoms in total. The van der Waals surface area contributed by atoms with Crippen LogP contribution >= 0.6 is 0 Å². The summed E-state index contributed by atoms with van der Waals surface area (Å²) in [7, 11) is 0. The van der Waals surface area contributed by atoms with Crippen molar-refractivity contribution < 1.29 is 4.74 Å². The Labute approximate surface area is 85.4 Å². The minimum Gasteiger partial charge on any atom is -0.493 e. The van der Waals surface area contributed by atoms with Crippen molar-refractivity contribution in [3.63, 3.8) is 0 Å². The van der Waals surface area contributed by atoms with Crippen LogP contribution in [0, 0.1) is 0 Å². The molecule has 0 spiro atoms. The number of rotatable bonds is 2. The van der Waals surface area contributed by atoms with E-state index >= 15 is 0 Å². The van der Waals surface area contributed by atoms with Crippen LogP contribution in [-0.4, -0.2) is 6.61 Å². The van der Waals surface area contributed by atoms with Gasteiger partial charge in [-0.25, -0.2) is 0 Å². The first-order valence-electron chi connectivity index (χ1n) is 5.17. The Hall–Kier alpha value is -1.24. The zero-order chi connectivity index (χ0) is 10.1. The third kappa shape index (κ3) is 1.43. The molecular formula is C13H16O. The van der Waals surface area contributed by atoms with E-state index in [1.807, 2.05) is 0 Å². The van der Waals surface area contributed by atoms with Crippen molar-refractivity contribution in [3.8, 4) is 5.75 Å². The van der Waals surface area contributed by atoms with E-state index in [0.29, 0.717) is 0 Å². The summed E-state index contributed by atoms with van der Waals surface area (Å²) in [5.74, 6) is 1.06. The number of hydrogen-bond acceptors (Lipinski definition) is 1. The molecule has 0 radical (unpaired) electrons. The van der Waals surface area contributed by atoms with Crippen molar-refractivity contribution in [2.45, 2.75) is 26.7 Å². The van der Waals surface area contributed by atoms with Crippen LogP contribution in [0.4, 0.5) is 0 Å². The average Bonchev–Trinajstić information content (AvgIpc) is 2.62. The predicted octanol–water partition coefficient (Wildman–Crippen LogP) is 3.22.